The fraction of sp³-hybridized carbons (Fsp3) is 0.643. The summed E-state index contributed by atoms with van der Waals surface area (Å²) in [5.74, 6) is 0. The molecule has 1 aliphatic heterocycles. The molecule has 1 aromatic rings. The highest BCUT2D eigenvalue weighted by Gasteiger charge is 2.08. The third-order valence-electron chi connectivity index (χ3n) is 3.36. The number of likely N-dealkylation sites (tertiary alicyclic amines) is 1. The van der Waals surface area contributed by atoms with Crippen LogP contribution in [0.25, 0.3) is 0 Å². The van der Waals surface area contributed by atoms with E-state index in [0.29, 0.717) is 0 Å². The van der Waals surface area contributed by atoms with Crippen LogP contribution in [0, 0.1) is 0 Å². The van der Waals surface area contributed by atoms with Crippen LogP contribution in [0.1, 0.15) is 31.2 Å². The molecule has 1 fully saturated rings. The Labute approximate surface area is 104 Å². The van der Waals surface area contributed by atoms with Gasteiger partial charge in [0.05, 0.1) is 0 Å². The number of hydrogen-bond donors (Lipinski definition) is 1. The van der Waals surface area contributed by atoms with Crippen molar-refractivity contribution < 1.29 is 0 Å². The van der Waals surface area contributed by atoms with Gasteiger partial charge in [0.15, 0.2) is 0 Å². The first kappa shape index (κ1) is 12.5. The van der Waals surface area contributed by atoms with Gasteiger partial charge in [-0.15, -0.1) is 0 Å². The lowest BCUT2D eigenvalue weighted by molar-refractivity contribution is 0.225. The predicted octanol–water partition coefficient (Wildman–Crippen LogP) is 2.05. The largest absolute Gasteiger partial charge is 0.313 e. The van der Waals surface area contributed by atoms with Crippen molar-refractivity contribution in [1.29, 1.82) is 0 Å². The van der Waals surface area contributed by atoms with Crippen molar-refractivity contribution in [3.63, 3.8) is 0 Å². The van der Waals surface area contributed by atoms with Gasteiger partial charge >= 0.3 is 0 Å². The lowest BCUT2D eigenvalue weighted by Crippen LogP contribution is -2.32. The Balaban J connectivity index is 1.51. The molecule has 1 aliphatic rings. The van der Waals surface area contributed by atoms with Crippen molar-refractivity contribution in [2.75, 3.05) is 26.2 Å². The topological polar surface area (TPSA) is 28.2 Å². The van der Waals surface area contributed by atoms with E-state index in [1.165, 1.54) is 50.9 Å². The molecule has 0 radical (unpaired) electrons. The molecule has 0 amide bonds. The second-order valence-electron chi connectivity index (χ2n) is 4.79. The van der Waals surface area contributed by atoms with E-state index in [1.54, 1.807) is 0 Å². The fourth-order valence-electron chi connectivity index (χ4n) is 2.34. The number of nitrogens with zero attached hydrogens (tertiary/aromatic N) is 2. The predicted molar refractivity (Wildman–Crippen MR) is 70.9 cm³/mol. The fourth-order valence-corrected chi connectivity index (χ4v) is 2.34. The standard InChI is InChI=1S/C14H23N3/c1-2-10-17(11-3-1)12-4-7-16-13-14-5-8-15-9-6-14/h5-6,8-9,16H,1-4,7,10-13H2. The maximum Gasteiger partial charge on any atom is 0.0271 e. The van der Waals surface area contributed by atoms with E-state index in [1.807, 2.05) is 12.4 Å². The van der Waals surface area contributed by atoms with Gasteiger partial charge in [-0.2, -0.15) is 0 Å². The molecule has 94 valence electrons. The zero-order valence-corrected chi connectivity index (χ0v) is 10.6. The molecule has 0 unspecified atom stereocenters. The van der Waals surface area contributed by atoms with E-state index in [0.717, 1.165) is 13.1 Å². The summed E-state index contributed by atoms with van der Waals surface area (Å²) in [6, 6.07) is 4.13. The second-order valence-corrected chi connectivity index (χ2v) is 4.79. The third kappa shape index (κ3) is 4.84. The van der Waals surface area contributed by atoms with E-state index in [4.69, 9.17) is 0 Å². The Bertz CT molecular complexity index is 294. The summed E-state index contributed by atoms with van der Waals surface area (Å²) in [6.45, 7) is 5.94. The average Bonchev–Trinajstić information content (AvgIpc) is 2.41. The van der Waals surface area contributed by atoms with Gasteiger partial charge in [0.2, 0.25) is 0 Å². The maximum atomic E-state index is 4.02. The monoisotopic (exact) mass is 233 g/mol. The van der Waals surface area contributed by atoms with Gasteiger partial charge in [0.1, 0.15) is 0 Å². The minimum atomic E-state index is 0.961. The van der Waals surface area contributed by atoms with Gasteiger partial charge in [-0.25, -0.2) is 0 Å². The minimum absolute atomic E-state index is 0.961. The normalized spacial score (nSPS) is 17.2. The highest BCUT2D eigenvalue weighted by atomic mass is 15.1. The number of nitrogens with one attached hydrogen (secondary N) is 1. The highest BCUT2D eigenvalue weighted by Crippen LogP contribution is 2.08. The molecule has 1 saturated heterocycles. The molecule has 17 heavy (non-hydrogen) atoms. The summed E-state index contributed by atoms with van der Waals surface area (Å²) in [5.41, 5.74) is 1.32. The molecular weight excluding hydrogens is 210 g/mol. The Morgan fingerprint density at radius 1 is 1.12 bits per heavy atom. The number of aromatic nitrogens is 1. The van der Waals surface area contributed by atoms with Crippen molar-refractivity contribution in [1.82, 2.24) is 15.2 Å². The van der Waals surface area contributed by atoms with Crippen LogP contribution in [0.15, 0.2) is 24.5 Å². The summed E-state index contributed by atoms with van der Waals surface area (Å²) >= 11 is 0. The lowest BCUT2D eigenvalue weighted by Gasteiger charge is -2.26. The van der Waals surface area contributed by atoms with Crippen molar-refractivity contribution in [2.45, 2.75) is 32.2 Å². The van der Waals surface area contributed by atoms with Crippen LogP contribution < -0.4 is 5.32 Å². The first-order valence-electron chi connectivity index (χ1n) is 6.77. The van der Waals surface area contributed by atoms with Crippen molar-refractivity contribution in [3.05, 3.63) is 30.1 Å². The van der Waals surface area contributed by atoms with E-state index >= 15 is 0 Å². The Kier molecular flexibility index (Phi) is 5.46. The molecule has 1 N–H and O–H groups in total. The third-order valence-corrected chi connectivity index (χ3v) is 3.36. The first-order valence-corrected chi connectivity index (χ1v) is 6.77. The number of hydrogen-bond acceptors (Lipinski definition) is 3. The van der Waals surface area contributed by atoms with Gasteiger partial charge in [0, 0.05) is 18.9 Å². The average molecular weight is 233 g/mol. The van der Waals surface area contributed by atoms with Crippen LogP contribution in [-0.4, -0.2) is 36.1 Å². The number of rotatable bonds is 6. The Hall–Kier alpha value is -0.930. The zero-order chi connectivity index (χ0) is 11.8. The van der Waals surface area contributed by atoms with Crippen LogP contribution in [0.4, 0.5) is 0 Å². The van der Waals surface area contributed by atoms with Gasteiger partial charge in [-0.1, -0.05) is 6.42 Å². The molecule has 0 aliphatic carbocycles. The second kappa shape index (κ2) is 7.41. The quantitative estimate of drug-likeness (QED) is 0.762. The summed E-state index contributed by atoms with van der Waals surface area (Å²) in [6.07, 6.45) is 9.17. The van der Waals surface area contributed by atoms with Crippen molar-refractivity contribution in [2.24, 2.45) is 0 Å². The van der Waals surface area contributed by atoms with Gasteiger partial charge in [0.25, 0.3) is 0 Å². The molecular formula is C14H23N3. The number of pyridine rings is 1. The molecule has 3 heteroatoms. The van der Waals surface area contributed by atoms with E-state index in [9.17, 15) is 0 Å². The summed E-state index contributed by atoms with van der Waals surface area (Å²) < 4.78 is 0. The molecule has 0 spiro atoms. The molecule has 0 bridgehead atoms. The first-order chi connectivity index (χ1) is 8.45. The summed E-state index contributed by atoms with van der Waals surface area (Å²) in [4.78, 5) is 6.61. The minimum Gasteiger partial charge on any atom is -0.313 e. The zero-order valence-electron chi connectivity index (χ0n) is 10.6. The van der Waals surface area contributed by atoms with Crippen LogP contribution in [0.5, 0.6) is 0 Å². The van der Waals surface area contributed by atoms with Crippen molar-refractivity contribution >= 4 is 0 Å². The Morgan fingerprint density at radius 2 is 1.88 bits per heavy atom. The smallest absolute Gasteiger partial charge is 0.0271 e. The van der Waals surface area contributed by atoms with E-state index < -0.39 is 0 Å². The maximum absolute atomic E-state index is 4.02. The van der Waals surface area contributed by atoms with Gasteiger partial charge < -0.3 is 10.2 Å². The van der Waals surface area contributed by atoms with Crippen LogP contribution in [0.3, 0.4) is 0 Å². The van der Waals surface area contributed by atoms with Crippen molar-refractivity contribution in [3.8, 4) is 0 Å². The molecule has 2 rings (SSSR count). The summed E-state index contributed by atoms with van der Waals surface area (Å²) in [5, 5.41) is 3.49. The SMILES string of the molecule is c1cc(CNCCCN2CCCCC2)ccn1. The van der Waals surface area contributed by atoms with E-state index in [2.05, 4.69) is 27.3 Å². The lowest BCUT2D eigenvalue weighted by atomic mass is 10.1. The molecule has 1 aromatic heterocycles. The highest BCUT2D eigenvalue weighted by molar-refractivity contribution is 5.08. The van der Waals surface area contributed by atoms with E-state index in [-0.39, 0.29) is 0 Å². The Morgan fingerprint density at radius 3 is 2.65 bits per heavy atom. The van der Waals surface area contributed by atoms with Crippen LogP contribution in [0.2, 0.25) is 0 Å². The summed E-state index contributed by atoms with van der Waals surface area (Å²) in [7, 11) is 0. The molecule has 0 atom stereocenters. The van der Waals surface area contributed by atoms with Crippen LogP contribution in [-0.2, 0) is 6.54 Å². The van der Waals surface area contributed by atoms with Gasteiger partial charge in [-0.05, 0) is 63.1 Å². The van der Waals surface area contributed by atoms with Gasteiger partial charge in [-0.3, -0.25) is 4.98 Å². The van der Waals surface area contributed by atoms with Crippen LogP contribution >= 0.6 is 0 Å². The molecule has 0 saturated carbocycles. The number of piperidine rings is 1. The molecule has 3 nitrogen and oxygen atoms in total. The molecule has 0 aromatic carbocycles. The molecule has 2 heterocycles.